The highest BCUT2D eigenvalue weighted by atomic mass is 16.3. The highest BCUT2D eigenvalue weighted by molar-refractivity contribution is 5.93. The number of aromatic nitrogens is 1. The van der Waals surface area contributed by atoms with E-state index in [9.17, 15) is 4.79 Å². The minimum Gasteiger partial charge on any atom is -0.440 e. The van der Waals surface area contributed by atoms with Crippen molar-refractivity contribution >= 4 is 22.7 Å². The van der Waals surface area contributed by atoms with Crippen molar-refractivity contribution in [3.63, 3.8) is 0 Å². The number of amides is 1. The van der Waals surface area contributed by atoms with Gasteiger partial charge in [0.05, 0.1) is 0 Å². The van der Waals surface area contributed by atoms with Crippen LogP contribution in [0.1, 0.15) is 44.9 Å². The lowest BCUT2D eigenvalue weighted by molar-refractivity contribution is -0.116. The maximum absolute atomic E-state index is 12.0. The van der Waals surface area contributed by atoms with Crippen LogP contribution in [0.2, 0.25) is 0 Å². The Morgan fingerprint density at radius 2 is 2.33 bits per heavy atom. The number of benzene rings is 1. The summed E-state index contributed by atoms with van der Waals surface area (Å²) in [6.45, 7) is 4.09. The molecular formula is C17H20N2O2. The molecule has 0 bridgehead atoms. The monoisotopic (exact) mass is 284 g/mol. The SMILES string of the molecule is CC(C)c1nc2cc(NC(=O)CC3C=CCC3)ccc2o1. The summed E-state index contributed by atoms with van der Waals surface area (Å²) in [5, 5.41) is 2.94. The van der Waals surface area contributed by atoms with E-state index in [1.165, 1.54) is 0 Å². The number of nitrogens with zero attached hydrogens (tertiary/aromatic N) is 1. The number of carbonyl (C=O) groups excluding carboxylic acids is 1. The molecule has 1 aromatic heterocycles. The van der Waals surface area contributed by atoms with E-state index in [0.717, 1.165) is 35.5 Å². The van der Waals surface area contributed by atoms with Gasteiger partial charge in [0.1, 0.15) is 5.52 Å². The summed E-state index contributed by atoms with van der Waals surface area (Å²) in [6, 6.07) is 5.59. The number of hydrogen-bond donors (Lipinski definition) is 1. The molecule has 21 heavy (non-hydrogen) atoms. The van der Waals surface area contributed by atoms with E-state index in [4.69, 9.17) is 4.42 Å². The van der Waals surface area contributed by atoms with E-state index in [0.29, 0.717) is 12.3 Å². The minimum absolute atomic E-state index is 0.0541. The summed E-state index contributed by atoms with van der Waals surface area (Å²) < 4.78 is 5.66. The molecule has 4 heteroatoms. The Bertz CT molecular complexity index is 685. The third-order valence-corrected chi connectivity index (χ3v) is 3.74. The van der Waals surface area contributed by atoms with Crippen LogP contribution in [0.3, 0.4) is 0 Å². The number of carbonyl (C=O) groups is 1. The fourth-order valence-corrected chi connectivity index (χ4v) is 2.59. The van der Waals surface area contributed by atoms with Crippen LogP contribution < -0.4 is 5.32 Å². The number of anilines is 1. The standard InChI is InChI=1S/C17H20N2O2/c1-11(2)17-19-14-10-13(7-8-15(14)21-17)18-16(20)9-12-5-3-4-6-12/h3,5,7-8,10-12H,4,6,9H2,1-2H3,(H,18,20). The van der Waals surface area contributed by atoms with Gasteiger partial charge in [-0.1, -0.05) is 26.0 Å². The maximum Gasteiger partial charge on any atom is 0.224 e. The molecule has 4 nitrogen and oxygen atoms in total. The first-order chi connectivity index (χ1) is 10.1. The molecule has 1 N–H and O–H groups in total. The van der Waals surface area contributed by atoms with Crippen LogP contribution in [-0.2, 0) is 4.79 Å². The highest BCUT2D eigenvalue weighted by Crippen LogP contribution is 2.25. The Morgan fingerprint density at radius 3 is 3.05 bits per heavy atom. The normalized spacial score (nSPS) is 17.8. The summed E-state index contributed by atoms with van der Waals surface area (Å²) in [5.74, 6) is 1.42. The molecule has 1 amide bonds. The molecule has 1 unspecified atom stereocenters. The van der Waals surface area contributed by atoms with Crippen molar-refractivity contribution in [2.24, 2.45) is 5.92 Å². The number of nitrogens with one attached hydrogen (secondary N) is 1. The predicted octanol–water partition coefficient (Wildman–Crippen LogP) is 4.25. The van der Waals surface area contributed by atoms with Crippen LogP contribution in [0.4, 0.5) is 5.69 Å². The van der Waals surface area contributed by atoms with Crippen molar-refractivity contribution in [3.05, 3.63) is 36.2 Å². The van der Waals surface area contributed by atoms with Gasteiger partial charge in [-0.15, -0.1) is 0 Å². The third kappa shape index (κ3) is 3.15. The van der Waals surface area contributed by atoms with Crippen molar-refractivity contribution in [1.29, 1.82) is 0 Å². The highest BCUT2D eigenvalue weighted by Gasteiger charge is 2.15. The summed E-state index contributed by atoms with van der Waals surface area (Å²) in [7, 11) is 0. The molecular weight excluding hydrogens is 264 g/mol. The molecule has 1 heterocycles. The molecule has 0 radical (unpaired) electrons. The zero-order valence-corrected chi connectivity index (χ0v) is 12.4. The average molecular weight is 284 g/mol. The van der Waals surface area contributed by atoms with Gasteiger partial charge in [0.25, 0.3) is 0 Å². The zero-order valence-electron chi connectivity index (χ0n) is 12.4. The van der Waals surface area contributed by atoms with Crippen molar-refractivity contribution in [3.8, 4) is 0 Å². The second-order valence-electron chi connectivity index (χ2n) is 5.91. The Balaban J connectivity index is 1.71. The zero-order chi connectivity index (χ0) is 14.8. The molecule has 1 aliphatic carbocycles. The minimum atomic E-state index is 0.0541. The van der Waals surface area contributed by atoms with Gasteiger partial charge in [-0.05, 0) is 37.0 Å². The summed E-state index contributed by atoms with van der Waals surface area (Å²) in [4.78, 5) is 16.5. The van der Waals surface area contributed by atoms with Gasteiger partial charge in [-0.25, -0.2) is 4.98 Å². The first-order valence-corrected chi connectivity index (χ1v) is 7.49. The first-order valence-electron chi connectivity index (χ1n) is 7.49. The molecule has 2 aromatic rings. The van der Waals surface area contributed by atoms with Gasteiger partial charge in [-0.3, -0.25) is 4.79 Å². The lowest BCUT2D eigenvalue weighted by atomic mass is 10.1. The fourth-order valence-electron chi connectivity index (χ4n) is 2.59. The Morgan fingerprint density at radius 1 is 1.48 bits per heavy atom. The quantitative estimate of drug-likeness (QED) is 0.854. The van der Waals surface area contributed by atoms with E-state index in [2.05, 4.69) is 22.5 Å². The number of hydrogen-bond acceptors (Lipinski definition) is 3. The summed E-state index contributed by atoms with van der Waals surface area (Å²) in [6.07, 6.45) is 6.99. The molecule has 0 saturated carbocycles. The predicted molar refractivity (Wildman–Crippen MR) is 83.2 cm³/mol. The number of rotatable bonds is 4. The average Bonchev–Trinajstić information content (AvgIpc) is 3.06. The lowest BCUT2D eigenvalue weighted by Crippen LogP contribution is -2.14. The topological polar surface area (TPSA) is 55.1 Å². The molecule has 110 valence electrons. The van der Waals surface area contributed by atoms with Crippen LogP contribution in [-0.4, -0.2) is 10.9 Å². The van der Waals surface area contributed by atoms with E-state index in [1.54, 1.807) is 0 Å². The number of fused-ring (bicyclic) bond motifs is 1. The van der Waals surface area contributed by atoms with Crippen LogP contribution in [0, 0.1) is 5.92 Å². The summed E-state index contributed by atoms with van der Waals surface area (Å²) in [5.41, 5.74) is 2.32. The van der Waals surface area contributed by atoms with Crippen LogP contribution in [0.5, 0.6) is 0 Å². The summed E-state index contributed by atoms with van der Waals surface area (Å²) >= 11 is 0. The van der Waals surface area contributed by atoms with Crippen molar-refractivity contribution in [2.75, 3.05) is 5.32 Å². The van der Waals surface area contributed by atoms with Gasteiger partial charge in [0.2, 0.25) is 5.91 Å². The number of allylic oxidation sites excluding steroid dienone is 2. The Hall–Kier alpha value is -2.10. The van der Waals surface area contributed by atoms with E-state index >= 15 is 0 Å². The van der Waals surface area contributed by atoms with Gasteiger partial charge in [-0.2, -0.15) is 0 Å². The molecule has 0 aliphatic heterocycles. The Kier molecular flexibility index (Phi) is 3.78. The number of oxazole rings is 1. The fraction of sp³-hybridized carbons (Fsp3) is 0.412. The first kappa shape index (κ1) is 13.9. The molecule has 1 atom stereocenters. The van der Waals surface area contributed by atoms with Crippen molar-refractivity contribution in [1.82, 2.24) is 4.98 Å². The van der Waals surface area contributed by atoms with Crippen LogP contribution in [0.25, 0.3) is 11.1 Å². The van der Waals surface area contributed by atoms with E-state index in [1.807, 2.05) is 32.0 Å². The van der Waals surface area contributed by atoms with Gasteiger partial charge in [0, 0.05) is 18.0 Å². The van der Waals surface area contributed by atoms with Gasteiger partial charge >= 0.3 is 0 Å². The largest absolute Gasteiger partial charge is 0.440 e. The van der Waals surface area contributed by atoms with Crippen LogP contribution >= 0.6 is 0 Å². The van der Waals surface area contributed by atoms with E-state index < -0.39 is 0 Å². The molecule has 0 fully saturated rings. The smallest absolute Gasteiger partial charge is 0.224 e. The second kappa shape index (κ2) is 5.72. The maximum atomic E-state index is 12.0. The van der Waals surface area contributed by atoms with Crippen LogP contribution in [0.15, 0.2) is 34.8 Å². The van der Waals surface area contributed by atoms with Gasteiger partial charge in [0.15, 0.2) is 11.5 Å². The van der Waals surface area contributed by atoms with Crippen molar-refractivity contribution < 1.29 is 9.21 Å². The van der Waals surface area contributed by atoms with Crippen molar-refractivity contribution in [2.45, 2.75) is 39.0 Å². The Labute approximate surface area is 124 Å². The third-order valence-electron chi connectivity index (χ3n) is 3.74. The van der Waals surface area contributed by atoms with E-state index in [-0.39, 0.29) is 11.8 Å². The molecule has 3 rings (SSSR count). The second-order valence-corrected chi connectivity index (χ2v) is 5.91. The van der Waals surface area contributed by atoms with Gasteiger partial charge < -0.3 is 9.73 Å². The molecule has 1 aliphatic rings. The molecule has 0 saturated heterocycles. The molecule has 0 spiro atoms. The lowest BCUT2D eigenvalue weighted by Gasteiger charge is -2.08. The molecule has 1 aromatic carbocycles.